The molecule has 0 saturated carbocycles. The lowest BCUT2D eigenvalue weighted by atomic mass is 10.1. The van der Waals surface area contributed by atoms with Crippen LogP contribution in [-0.2, 0) is 11.3 Å². The molecule has 0 unspecified atom stereocenters. The Bertz CT molecular complexity index is 578. The van der Waals surface area contributed by atoms with Gasteiger partial charge in [-0.2, -0.15) is 0 Å². The van der Waals surface area contributed by atoms with Gasteiger partial charge in [-0.3, -0.25) is 4.79 Å². The third-order valence-corrected chi connectivity index (χ3v) is 4.07. The summed E-state index contributed by atoms with van der Waals surface area (Å²) in [6.07, 6.45) is 0. The molecule has 3 nitrogen and oxygen atoms in total. The molecule has 0 aliphatic heterocycles. The zero-order valence-electron chi connectivity index (χ0n) is 12.1. The van der Waals surface area contributed by atoms with Crippen LogP contribution in [-0.4, -0.2) is 19.5 Å². The maximum atomic E-state index is 12.0. The number of rotatable bonds is 5. The zero-order valence-corrected chi connectivity index (χ0v) is 13.0. The van der Waals surface area contributed by atoms with Crippen molar-refractivity contribution in [2.24, 2.45) is 0 Å². The lowest BCUT2D eigenvalue weighted by molar-refractivity contribution is -0.119. The maximum Gasteiger partial charge on any atom is 0.239 e. The maximum absolute atomic E-state index is 12.0. The van der Waals surface area contributed by atoms with Crippen LogP contribution in [0.4, 0.5) is 5.69 Å². The van der Waals surface area contributed by atoms with E-state index in [2.05, 4.69) is 37.4 Å². The quantitative estimate of drug-likeness (QED) is 0.917. The molecule has 1 aromatic heterocycles. The molecule has 0 radical (unpaired) electrons. The summed E-state index contributed by atoms with van der Waals surface area (Å²) in [6, 6.07) is 10.3. The van der Waals surface area contributed by atoms with E-state index in [1.54, 1.807) is 11.3 Å². The first kappa shape index (κ1) is 14.6. The number of likely N-dealkylation sites (N-methyl/N-ethyl adjacent to an activating group) is 1. The summed E-state index contributed by atoms with van der Waals surface area (Å²) in [6.45, 7) is 5.11. The number of aryl methyl sites for hydroxylation is 2. The molecule has 2 rings (SSSR count). The van der Waals surface area contributed by atoms with Crippen molar-refractivity contribution >= 4 is 22.9 Å². The first-order chi connectivity index (χ1) is 9.56. The number of nitrogens with one attached hydrogen (secondary N) is 1. The fourth-order valence-electron chi connectivity index (χ4n) is 2.09. The molecule has 1 amide bonds. The fourth-order valence-corrected chi connectivity index (χ4v) is 2.73. The first-order valence-corrected chi connectivity index (χ1v) is 7.51. The van der Waals surface area contributed by atoms with Crippen LogP contribution < -0.4 is 10.2 Å². The zero-order chi connectivity index (χ0) is 14.5. The topological polar surface area (TPSA) is 32.3 Å². The van der Waals surface area contributed by atoms with Crippen molar-refractivity contribution in [3.05, 3.63) is 51.7 Å². The Morgan fingerprint density at radius 3 is 2.80 bits per heavy atom. The Morgan fingerprint density at radius 1 is 1.30 bits per heavy atom. The SMILES string of the molecule is Cc1ccc(C)c(N(C)CC(=O)NCc2cccs2)c1. The summed E-state index contributed by atoms with van der Waals surface area (Å²) in [5.74, 6) is 0.0433. The molecule has 0 aliphatic rings. The van der Waals surface area contributed by atoms with Gasteiger partial charge in [-0.1, -0.05) is 18.2 Å². The van der Waals surface area contributed by atoms with Crippen molar-refractivity contribution in [2.75, 3.05) is 18.5 Å². The minimum absolute atomic E-state index is 0.0433. The number of amides is 1. The summed E-state index contributed by atoms with van der Waals surface area (Å²) in [5, 5.41) is 4.97. The Labute approximate surface area is 124 Å². The number of hydrogen-bond donors (Lipinski definition) is 1. The van der Waals surface area contributed by atoms with Crippen molar-refractivity contribution in [3.8, 4) is 0 Å². The van der Waals surface area contributed by atoms with Gasteiger partial charge in [0.25, 0.3) is 0 Å². The summed E-state index contributed by atoms with van der Waals surface area (Å²) < 4.78 is 0. The standard InChI is InChI=1S/C16H20N2OS/c1-12-6-7-13(2)15(9-12)18(3)11-16(19)17-10-14-5-4-8-20-14/h4-9H,10-11H2,1-3H3,(H,17,19). The van der Waals surface area contributed by atoms with Crippen LogP contribution in [0.25, 0.3) is 0 Å². The Morgan fingerprint density at radius 2 is 2.10 bits per heavy atom. The smallest absolute Gasteiger partial charge is 0.239 e. The number of carbonyl (C=O) groups excluding carboxylic acids is 1. The van der Waals surface area contributed by atoms with Crippen molar-refractivity contribution in [1.82, 2.24) is 5.32 Å². The lowest BCUT2D eigenvalue weighted by Crippen LogP contribution is -2.35. The molecule has 2 aromatic rings. The van der Waals surface area contributed by atoms with E-state index >= 15 is 0 Å². The van der Waals surface area contributed by atoms with E-state index in [0.717, 1.165) is 5.69 Å². The number of thiophene rings is 1. The number of carbonyl (C=O) groups is 1. The van der Waals surface area contributed by atoms with Gasteiger partial charge in [0.15, 0.2) is 0 Å². The molecule has 1 heterocycles. The lowest BCUT2D eigenvalue weighted by Gasteiger charge is -2.21. The second kappa shape index (κ2) is 6.57. The molecular weight excluding hydrogens is 268 g/mol. The van der Waals surface area contributed by atoms with E-state index in [0.29, 0.717) is 13.1 Å². The molecule has 0 saturated heterocycles. The van der Waals surface area contributed by atoms with Crippen molar-refractivity contribution in [2.45, 2.75) is 20.4 Å². The monoisotopic (exact) mass is 288 g/mol. The number of benzene rings is 1. The van der Waals surface area contributed by atoms with Crippen LogP contribution in [0, 0.1) is 13.8 Å². The molecule has 4 heteroatoms. The Kier molecular flexibility index (Phi) is 4.79. The van der Waals surface area contributed by atoms with Crippen LogP contribution in [0.3, 0.4) is 0 Å². The normalized spacial score (nSPS) is 10.3. The third kappa shape index (κ3) is 3.84. The molecule has 1 aromatic carbocycles. The second-order valence-electron chi connectivity index (χ2n) is 5.00. The van der Waals surface area contributed by atoms with Crippen LogP contribution in [0.1, 0.15) is 16.0 Å². The average Bonchev–Trinajstić information content (AvgIpc) is 2.92. The van der Waals surface area contributed by atoms with Crippen molar-refractivity contribution in [3.63, 3.8) is 0 Å². The molecule has 0 fully saturated rings. The van der Waals surface area contributed by atoms with Crippen LogP contribution in [0.15, 0.2) is 35.7 Å². The van der Waals surface area contributed by atoms with Crippen LogP contribution in [0.5, 0.6) is 0 Å². The number of hydrogen-bond acceptors (Lipinski definition) is 3. The van der Waals surface area contributed by atoms with Gasteiger partial charge in [0.2, 0.25) is 5.91 Å². The molecule has 0 bridgehead atoms. The summed E-state index contributed by atoms with van der Waals surface area (Å²) in [5.41, 5.74) is 3.50. The van der Waals surface area contributed by atoms with Gasteiger partial charge >= 0.3 is 0 Å². The van der Waals surface area contributed by atoms with Crippen molar-refractivity contribution < 1.29 is 4.79 Å². The first-order valence-electron chi connectivity index (χ1n) is 6.64. The largest absolute Gasteiger partial charge is 0.365 e. The summed E-state index contributed by atoms with van der Waals surface area (Å²) >= 11 is 1.66. The molecular formula is C16H20N2OS. The second-order valence-corrected chi connectivity index (χ2v) is 6.03. The number of anilines is 1. The van der Waals surface area contributed by atoms with E-state index in [4.69, 9.17) is 0 Å². The van der Waals surface area contributed by atoms with Crippen molar-refractivity contribution in [1.29, 1.82) is 0 Å². The van der Waals surface area contributed by atoms with Gasteiger partial charge in [-0.25, -0.2) is 0 Å². The van der Waals surface area contributed by atoms with Crippen LogP contribution >= 0.6 is 11.3 Å². The Balaban J connectivity index is 1.91. The summed E-state index contributed by atoms with van der Waals surface area (Å²) in [7, 11) is 1.95. The number of nitrogens with zero attached hydrogens (tertiary/aromatic N) is 1. The molecule has 1 N–H and O–H groups in total. The molecule has 20 heavy (non-hydrogen) atoms. The molecule has 0 aliphatic carbocycles. The minimum Gasteiger partial charge on any atom is -0.365 e. The molecule has 0 atom stereocenters. The fraction of sp³-hybridized carbons (Fsp3) is 0.312. The van der Waals surface area contributed by atoms with Gasteiger partial charge < -0.3 is 10.2 Å². The molecule has 0 spiro atoms. The highest BCUT2D eigenvalue weighted by Gasteiger charge is 2.09. The highest BCUT2D eigenvalue weighted by atomic mass is 32.1. The molecule has 106 valence electrons. The predicted molar refractivity (Wildman–Crippen MR) is 85.4 cm³/mol. The van der Waals surface area contributed by atoms with E-state index in [-0.39, 0.29) is 5.91 Å². The van der Waals surface area contributed by atoms with Gasteiger partial charge in [0.1, 0.15) is 0 Å². The van der Waals surface area contributed by atoms with E-state index in [9.17, 15) is 4.79 Å². The van der Waals surface area contributed by atoms with Gasteiger partial charge in [0, 0.05) is 17.6 Å². The van der Waals surface area contributed by atoms with E-state index in [1.165, 1.54) is 16.0 Å². The average molecular weight is 288 g/mol. The third-order valence-electron chi connectivity index (χ3n) is 3.20. The van der Waals surface area contributed by atoms with Gasteiger partial charge in [0.05, 0.1) is 13.1 Å². The summed E-state index contributed by atoms with van der Waals surface area (Å²) in [4.78, 5) is 15.1. The van der Waals surface area contributed by atoms with E-state index < -0.39 is 0 Å². The van der Waals surface area contributed by atoms with Crippen LogP contribution in [0.2, 0.25) is 0 Å². The predicted octanol–water partition coefficient (Wildman–Crippen LogP) is 3.12. The minimum atomic E-state index is 0.0433. The van der Waals surface area contributed by atoms with Gasteiger partial charge in [-0.15, -0.1) is 11.3 Å². The highest BCUT2D eigenvalue weighted by Crippen LogP contribution is 2.19. The Hall–Kier alpha value is -1.81. The highest BCUT2D eigenvalue weighted by molar-refractivity contribution is 7.09. The van der Waals surface area contributed by atoms with E-state index in [1.807, 2.05) is 29.5 Å². The van der Waals surface area contributed by atoms with Gasteiger partial charge in [-0.05, 0) is 42.5 Å².